The molecule has 0 spiro atoms. The van der Waals surface area contributed by atoms with E-state index < -0.39 is 0 Å². The van der Waals surface area contributed by atoms with E-state index in [-0.39, 0.29) is 0 Å². The lowest BCUT2D eigenvalue weighted by atomic mass is 10.2. The summed E-state index contributed by atoms with van der Waals surface area (Å²) in [5.41, 5.74) is 0. The molecule has 15 heavy (non-hydrogen) atoms. The summed E-state index contributed by atoms with van der Waals surface area (Å²) in [5.74, 6) is 1.06. The highest BCUT2D eigenvalue weighted by molar-refractivity contribution is 9.11. The summed E-state index contributed by atoms with van der Waals surface area (Å²) in [4.78, 5) is 6.84. The number of pyridine rings is 1. The number of alkyl halides is 1. The molecule has 82 valence electrons. The van der Waals surface area contributed by atoms with Crippen LogP contribution in [0.25, 0.3) is 0 Å². The first-order valence-corrected chi connectivity index (χ1v) is 7.57. The topological polar surface area (TPSA) is 16.1 Å². The average molecular weight is 399 g/mol. The predicted octanol–water partition coefficient (Wildman–Crippen LogP) is 3.97. The molecule has 0 N–H and O–H groups in total. The lowest BCUT2D eigenvalue weighted by Gasteiger charge is -2.25. The summed E-state index contributed by atoms with van der Waals surface area (Å²) >= 11 is 10.5. The largest absolute Gasteiger partial charge is 0.352 e. The van der Waals surface area contributed by atoms with Crippen LogP contribution in [0.3, 0.4) is 0 Å². The molecule has 0 aromatic carbocycles. The van der Waals surface area contributed by atoms with Crippen LogP contribution in [0, 0.1) is 0 Å². The van der Waals surface area contributed by atoms with Gasteiger partial charge in [-0.15, -0.1) is 0 Å². The smallest absolute Gasteiger partial charge is 0.143 e. The van der Waals surface area contributed by atoms with Gasteiger partial charge < -0.3 is 4.90 Å². The van der Waals surface area contributed by atoms with Crippen LogP contribution in [0.2, 0.25) is 0 Å². The van der Waals surface area contributed by atoms with Crippen molar-refractivity contribution in [3.8, 4) is 0 Å². The highest BCUT2D eigenvalue weighted by atomic mass is 79.9. The van der Waals surface area contributed by atoms with Gasteiger partial charge in [0.25, 0.3) is 0 Å². The summed E-state index contributed by atoms with van der Waals surface area (Å²) in [6, 6.07) is 2.63. The Balaban J connectivity index is 2.28. The van der Waals surface area contributed by atoms with E-state index in [1.807, 2.05) is 12.3 Å². The Morgan fingerprint density at radius 3 is 2.93 bits per heavy atom. The Hall–Kier alpha value is 0.390. The molecule has 1 aliphatic rings. The number of aromatic nitrogens is 1. The van der Waals surface area contributed by atoms with Gasteiger partial charge in [0.05, 0.1) is 4.47 Å². The van der Waals surface area contributed by atoms with Crippen LogP contribution in [0.5, 0.6) is 0 Å². The minimum Gasteiger partial charge on any atom is -0.352 e. The van der Waals surface area contributed by atoms with Gasteiger partial charge in [-0.05, 0) is 50.8 Å². The summed E-state index contributed by atoms with van der Waals surface area (Å²) in [7, 11) is 0. The van der Waals surface area contributed by atoms with Crippen molar-refractivity contribution in [3.63, 3.8) is 0 Å². The van der Waals surface area contributed by atoms with E-state index in [4.69, 9.17) is 0 Å². The van der Waals surface area contributed by atoms with Gasteiger partial charge in [0.2, 0.25) is 0 Å². The van der Waals surface area contributed by atoms with Gasteiger partial charge in [-0.2, -0.15) is 0 Å². The fraction of sp³-hybridized carbons (Fsp3) is 0.500. The maximum absolute atomic E-state index is 4.47. The standard InChI is InChI=1S/C10H11Br3N2/c11-5-8-2-1-3-15(8)10-9(13)4-7(12)6-14-10/h4,6,8H,1-3,5H2. The Labute approximate surface area is 115 Å². The molecule has 1 atom stereocenters. The molecule has 0 radical (unpaired) electrons. The van der Waals surface area contributed by atoms with Crippen molar-refractivity contribution < 1.29 is 0 Å². The van der Waals surface area contributed by atoms with Gasteiger partial charge in [-0.25, -0.2) is 4.98 Å². The maximum atomic E-state index is 4.47. The fourth-order valence-electron chi connectivity index (χ4n) is 1.89. The minimum atomic E-state index is 0.579. The second kappa shape index (κ2) is 5.15. The summed E-state index contributed by atoms with van der Waals surface area (Å²) < 4.78 is 2.07. The van der Waals surface area contributed by atoms with Crippen LogP contribution in [-0.4, -0.2) is 22.9 Å². The Morgan fingerprint density at radius 2 is 2.27 bits per heavy atom. The van der Waals surface area contributed by atoms with Crippen LogP contribution < -0.4 is 4.90 Å². The van der Waals surface area contributed by atoms with Crippen molar-refractivity contribution in [2.45, 2.75) is 18.9 Å². The number of halogens is 3. The normalized spacial score (nSPS) is 21.0. The van der Waals surface area contributed by atoms with E-state index in [0.717, 1.165) is 26.6 Å². The van der Waals surface area contributed by atoms with Crippen molar-refractivity contribution >= 4 is 53.6 Å². The lowest BCUT2D eigenvalue weighted by Crippen LogP contribution is -2.31. The molecule has 5 heteroatoms. The third-order valence-corrected chi connectivity index (χ3v) is 4.38. The first-order chi connectivity index (χ1) is 7.22. The maximum Gasteiger partial charge on any atom is 0.143 e. The fourth-order valence-corrected chi connectivity index (χ4v) is 3.78. The van der Waals surface area contributed by atoms with Gasteiger partial charge in [-0.1, -0.05) is 15.9 Å². The molecule has 0 bridgehead atoms. The monoisotopic (exact) mass is 396 g/mol. The average Bonchev–Trinajstić information content (AvgIpc) is 2.65. The van der Waals surface area contributed by atoms with Crippen LogP contribution in [0.15, 0.2) is 21.2 Å². The molecule has 1 unspecified atom stereocenters. The van der Waals surface area contributed by atoms with Crippen LogP contribution in [0.4, 0.5) is 5.82 Å². The zero-order chi connectivity index (χ0) is 10.8. The van der Waals surface area contributed by atoms with Crippen LogP contribution in [0.1, 0.15) is 12.8 Å². The van der Waals surface area contributed by atoms with Crippen molar-refractivity contribution in [1.29, 1.82) is 0 Å². The van der Waals surface area contributed by atoms with E-state index in [1.54, 1.807) is 0 Å². The van der Waals surface area contributed by atoms with Gasteiger partial charge in [0.1, 0.15) is 5.82 Å². The van der Waals surface area contributed by atoms with Gasteiger partial charge in [0.15, 0.2) is 0 Å². The second-order valence-electron chi connectivity index (χ2n) is 3.60. The Bertz CT molecular complexity index is 357. The zero-order valence-corrected chi connectivity index (χ0v) is 12.8. The van der Waals surface area contributed by atoms with E-state index in [1.165, 1.54) is 12.8 Å². The van der Waals surface area contributed by atoms with Crippen molar-refractivity contribution in [3.05, 3.63) is 21.2 Å². The molecule has 0 amide bonds. The SMILES string of the molecule is BrCC1CCCN1c1ncc(Br)cc1Br. The van der Waals surface area contributed by atoms with E-state index in [0.29, 0.717) is 6.04 Å². The van der Waals surface area contributed by atoms with Crippen molar-refractivity contribution in [1.82, 2.24) is 4.98 Å². The van der Waals surface area contributed by atoms with E-state index in [9.17, 15) is 0 Å². The molecule has 1 aliphatic heterocycles. The van der Waals surface area contributed by atoms with Crippen molar-refractivity contribution in [2.24, 2.45) is 0 Å². The molecule has 2 nitrogen and oxygen atoms in total. The first kappa shape index (κ1) is 11.9. The molecule has 2 rings (SSSR count). The molecule has 2 heterocycles. The third-order valence-electron chi connectivity index (χ3n) is 2.62. The molecule has 0 saturated carbocycles. The number of nitrogens with zero attached hydrogens (tertiary/aromatic N) is 2. The molecule has 1 fully saturated rings. The summed E-state index contributed by atoms with van der Waals surface area (Å²) in [6.07, 6.45) is 4.35. The highest BCUT2D eigenvalue weighted by Gasteiger charge is 2.25. The number of hydrogen-bond donors (Lipinski definition) is 0. The Morgan fingerprint density at radius 1 is 1.47 bits per heavy atom. The number of rotatable bonds is 2. The second-order valence-corrected chi connectivity index (χ2v) is 6.02. The van der Waals surface area contributed by atoms with Crippen LogP contribution in [-0.2, 0) is 0 Å². The zero-order valence-electron chi connectivity index (χ0n) is 8.09. The van der Waals surface area contributed by atoms with Gasteiger partial charge in [0, 0.05) is 28.6 Å². The number of hydrogen-bond acceptors (Lipinski definition) is 2. The lowest BCUT2D eigenvalue weighted by molar-refractivity contribution is 0.740. The van der Waals surface area contributed by atoms with Crippen LogP contribution >= 0.6 is 47.8 Å². The molecular weight excluding hydrogens is 388 g/mol. The van der Waals surface area contributed by atoms with E-state index in [2.05, 4.69) is 57.7 Å². The molecular formula is C10H11Br3N2. The third kappa shape index (κ3) is 2.56. The number of anilines is 1. The van der Waals surface area contributed by atoms with Gasteiger partial charge in [-0.3, -0.25) is 0 Å². The quantitative estimate of drug-likeness (QED) is 0.701. The summed E-state index contributed by atoms with van der Waals surface area (Å²) in [6.45, 7) is 1.10. The summed E-state index contributed by atoms with van der Waals surface area (Å²) in [5, 5.41) is 1.01. The van der Waals surface area contributed by atoms with E-state index >= 15 is 0 Å². The molecule has 0 aliphatic carbocycles. The minimum absolute atomic E-state index is 0.579. The predicted molar refractivity (Wildman–Crippen MR) is 73.8 cm³/mol. The Kier molecular flexibility index (Phi) is 4.07. The van der Waals surface area contributed by atoms with Crippen molar-refractivity contribution in [2.75, 3.05) is 16.8 Å². The highest BCUT2D eigenvalue weighted by Crippen LogP contribution is 2.32. The molecule has 1 saturated heterocycles. The molecule has 1 aromatic rings. The molecule has 1 aromatic heterocycles. The van der Waals surface area contributed by atoms with Gasteiger partial charge >= 0.3 is 0 Å². The first-order valence-electron chi connectivity index (χ1n) is 4.86.